The number of imide groups is 1. The van der Waals surface area contributed by atoms with Crippen molar-refractivity contribution in [3.8, 4) is 0 Å². The molecule has 0 spiro atoms. The number of amides is 7. The first-order chi connectivity index (χ1) is 50.8. The Morgan fingerprint density at radius 3 is 1.96 bits per heavy atom. The van der Waals surface area contributed by atoms with Gasteiger partial charge in [-0.25, -0.2) is 4.79 Å². The first-order valence-corrected chi connectivity index (χ1v) is 37.4. The molecule has 31 heteroatoms. The number of primary amides is 1. The van der Waals surface area contributed by atoms with Crippen LogP contribution in [-0.2, 0) is 130 Å². The monoisotopic (exact) mass is 1510 g/mol. The van der Waals surface area contributed by atoms with E-state index in [0.29, 0.717) is 86.7 Å². The third-order valence-electron chi connectivity index (χ3n) is 18.4. The Morgan fingerprint density at radius 2 is 1.34 bits per heavy atom. The molecule has 3 aliphatic rings. The van der Waals surface area contributed by atoms with Gasteiger partial charge < -0.3 is 54.8 Å². The van der Waals surface area contributed by atoms with Crippen LogP contribution in [0.3, 0.4) is 0 Å². The van der Waals surface area contributed by atoms with Gasteiger partial charge >= 0.3 is 31.2 Å². The van der Waals surface area contributed by atoms with E-state index in [1.165, 1.54) is 73.8 Å². The summed E-state index contributed by atoms with van der Waals surface area (Å²) in [7, 11) is -3.69. The summed E-state index contributed by atoms with van der Waals surface area (Å²) >= 11 is 0. The van der Waals surface area contributed by atoms with Crippen LogP contribution < -0.4 is 37.6 Å². The summed E-state index contributed by atoms with van der Waals surface area (Å²) < 4.78 is 84.5. The van der Waals surface area contributed by atoms with Crippen molar-refractivity contribution in [2.75, 3.05) is 77.9 Å². The minimum atomic E-state index is -5.36. The van der Waals surface area contributed by atoms with Crippen molar-refractivity contribution in [2.24, 2.45) is 23.6 Å². The lowest BCUT2D eigenvalue weighted by atomic mass is 9.98. The number of nitrogens with one attached hydrogen (secondary N) is 4. The Kier molecular flexibility index (Phi) is 30.1. The van der Waals surface area contributed by atoms with Gasteiger partial charge in [-0.1, -0.05) is 60.7 Å². The highest BCUT2D eigenvalue weighted by Gasteiger charge is 2.69. The van der Waals surface area contributed by atoms with Gasteiger partial charge in [0.2, 0.25) is 54.9 Å². The summed E-state index contributed by atoms with van der Waals surface area (Å²) in [5.41, 5.74) is 5.16. The molecule has 3 aliphatic heterocycles. The minimum Gasteiger partial charge on any atom is -0.434 e. The predicted molar refractivity (Wildman–Crippen MR) is 390 cm³/mol. The van der Waals surface area contributed by atoms with E-state index >= 15 is 8.78 Å². The number of fused-ring (bicyclic) bond motifs is 1. The number of hydrogen-bond donors (Lipinski definition) is 6. The second kappa shape index (κ2) is 38.4. The number of allylic oxidation sites excluding steroid dienone is 1. The van der Waals surface area contributed by atoms with Crippen LogP contribution in [0.15, 0.2) is 95.8 Å². The summed E-state index contributed by atoms with van der Waals surface area (Å²) in [5.74, 6) is -4.99. The normalized spacial score (nSPS) is 16.9. The molecule has 1 aromatic heterocycles. The molecular formula is C76H100F2N8O20P+. The molecule has 28 nitrogen and oxygen atoms in total. The van der Waals surface area contributed by atoms with Crippen molar-refractivity contribution in [3.05, 3.63) is 140 Å². The molecule has 8 rings (SSSR count). The summed E-state index contributed by atoms with van der Waals surface area (Å²) in [5, 5.41) is 11.0. The number of hydrogen-bond acceptors (Lipinski definition) is 20. The van der Waals surface area contributed by atoms with Crippen LogP contribution in [0.25, 0.3) is 16.6 Å². The number of rotatable bonds is 40. The summed E-state index contributed by atoms with van der Waals surface area (Å²) in [6, 6.07) is 19.9. The van der Waals surface area contributed by atoms with Gasteiger partial charge in [-0.15, -0.1) is 9.05 Å². The van der Waals surface area contributed by atoms with Gasteiger partial charge in [-0.05, 0) is 170 Å². The zero-order valence-electron chi connectivity index (χ0n) is 62.1. The maximum Gasteiger partial charge on any atom is 0.497 e. The molecule has 582 valence electrons. The summed E-state index contributed by atoms with van der Waals surface area (Å²) in [6.45, 7) is 13.3. The number of benzene rings is 4. The van der Waals surface area contributed by atoms with E-state index in [1.807, 2.05) is 60.7 Å². The first kappa shape index (κ1) is 83.9. The van der Waals surface area contributed by atoms with Crippen molar-refractivity contribution in [1.29, 1.82) is 0 Å². The largest absolute Gasteiger partial charge is 0.497 e. The third kappa shape index (κ3) is 23.2. The molecular weight excluding hydrogens is 1410 g/mol. The van der Waals surface area contributed by atoms with Crippen LogP contribution >= 0.6 is 7.94 Å². The number of nitrogens with two attached hydrogens (primary N) is 1. The van der Waals surface area contributed by atoms with Gasteiger partial charge in [0, 0.05) is 45.5 Å². The van der Waals surface area contributed by atoms with Crippen molar-refractivity contribution >= 4 is 83.5 Å². The van der Waals surface area contributed by atoms with Crippen LogP contribution in [0.2, 0.25) is 0 Å². The van der Waals surface area contributed by atoms with Crippen molar-refractivity contribution in [1.82, 2.24) is 30.4 Å². The van der Waals surface area contributed by atoms with E-state index in [4.69, 9.17) is 47.9 Å². The van der Waals surface area contributed by atoms with Crippen molar-refractivity contribution < 1.29 is 99.0 Å². The number of carbonyl (C=O) groups is 9. The van der Waals surface area contributed by atoms with E-state index in [-0.39, 0.29) is 82.5 Å². The van der Waals surface area contributed by atoms with Gasteiger partial charge in [0.15, 0.2) is 0 Å². The Labute approximate surface area is 620 Å². The third-order valence-corrected chi connectivity index (χ3v) is 20.2. The standard InChI is InChI=1S/C76H99F2N8O20P/c1-48(53-22-25-56(26-23-53)76(77,78)107(97,105-46-103-71(94)74(3,4)5)106-47-104-72(95)75(6,7)8)41-65(89)81-58-27-24-54-15-10-16-55-43-62(86(67(54)55)70(58)93)69(92)82-57(28-31-63(79)87)49(2)102-44-52-19-17-50(18-20-52)13-11-33-80-66(90)45-101-40-39-100-38-37-99-36-35-98-34-12-14-51-21-29-59-61(42-51)84(9)73(96)85(59)60-30-32-64(88)83-68(60)91/h10,15-23,25-26,29,41-42,49,57-58,60,62,97H,11-14,24,27-28,30-40,43-47H2,1-9H3,(H5-,79,80,81,82,83,87,88,89,90,91,92)/p+1/b48-41+/t49-,57+,58+,60?,62+/m1/s1. The van der Waals surface area contributed by atoms with E-state index in [0.717, 1.165) is 52.8 Å². The van der Waals surface area contributed by atoms with Gasteiger partial charge in [-0.3, -0.25) is 62.5 Å². The van der Waals surface area contributed by atoms with Gasteiger partial charge in [0.1, 0.15) is 24.7 Å². The Morgan fingerprint density at radius 1 is 0.738 bits per heavy atom. The van der Waals surface area contributed by atoms with Gasteiger partial charge in [0.05, 0.1) is 91.5 Å². The van der Waals surface area contributed by atoms with Crippen LogP contribution in [0.4, 0.5) is 14.5 Å². The smallest absolute Gasteiger partial charge is 0.434 e. The summed E-state index contributed by atoms with van der Waals surface area (Å²) in [4.78, 5) is 142. The lowest BCUT2D eigenvalue weighted by Crippen LogP contribution is -2.56. The molecule has 1 unspecified atom stereocenters. The number of halogens is 2. The Balaban J connectivity index is 0.722. The lowest BCUT2D eigenvalue weighted by molar-refractivity contribution is -0.165. The maximum absolute atomic E-state index is 16.3. The predicted octanol–water partition coefficient (Wildman–Crippen LogP) is 7.14. The number of ether oxygens (including phenoxy) is 7. The number of para-hydroxylation sites is 1. The van der Waals surface area contributed by atoms with Crippen LogP contribution in [0, 0.1) is 10.8 Å². The van der Waals surface area contributed by atoms with Gasteiger partial charge in [-0.2, -0.15) is 13.7 Å². The molecule has 0 aliphatic carbocycles. The van der Waals surface area contributed by atoms with Crippen molar-refractivity contribution in [3.63, 3.8) is 0 Å². The molecule has 0 saturated carbocycles. The number of anilines is 1. The van der Waals surface area contributed by atoms with Crippen LogP contribution in [0.1, 0.15) is 145 Å². The number of aryl methyl sites for hydroxylation is 4. The number of carbonyl (C=O) groups excluding carboxylic acids is 9. The highest BCUT2D eigenvalue weighted by Crippen LogP contribution is 2.73. The molecule has 5 atom stereocenters. The Bertz CT molecular complexity index is 4030. The van der Waals surface area contributed by atoms with E-state index in [1.54, 1.807) is 20.9 Å². The molecule has 107 heavy (non-hydrogen) atoms. The fraction of sp³-hybridized carbons (Fsp3) is 0.526. The number of esters is 2. The zero-order chi connectivity index (χ0) is 77.8. The molecule has 5 aromatic rings. The molecule has 0 radical (unpaired) electrons. The van der Waals surface area contributed by atoms with Crippen LogP contribution in [0.5, 0.6) is 0 Å². The summed E-state index contributed by atoms with van der Waals surface area (Å²) in [6.07, 6.45) is 4.63. The number of alkyl halides is 2. The lowest BCUT2D eigenvalue weighted by Gasteiger charge is -2.31. The minimum absolute atomic E-state index is 0.0694. The molecule has 1 saturated heterocycles. The molecule has 1 fully saturated rings. The quantitative estimate of drug-likeness (QED) is 0.00566. The fourth-order valence-corrected chi connectivity index (χ4v) is 13.5. The number of nitrogens with zero attached hydrogens (tertiary/aromatic N) is 3. The SMILES string of the molecule is C/C(=C\C(=O)N[C@H]1CCc2cccc3c2N(C1=O)[C@H](C(=O)N[C@@H](CCC(N)=O)[C@@H](C)OCc1ccc(CCCNC(=O)COCCOCCOCCOCCCc2ccc4c(c2)n(C)c(=O)n4C2CCC(=O)NC2=O)cc1)C3)c1ccc(C(F)(F)[P+](O)(OCOC(=O)C(C)(C)C)OCOC(=O)C(C)(C)C)cc1. The van der Waals surface area contributed by atoms with Gasteiger partial charge in [0.25, 0.3) is 0 Å². The molecule has 7 amide bonds. The van der Waals surface area contributed by atoms with E-state index in [2.05, 4.69) is 21.3 Å². The zero-order valence-corrected chi connectivity index (χ0v) is 63.0. The highest BCUT2D eigenvalue weighted by atomic mass is 31.2. The topological polar surface area (TPSA) is 361 Å². The fourth-order valence-electron chi connectivity index (χ4n) is 12.2. The number of imidazole rings is 1. The van der Waals surface area contributed by atoms with E-state index < -0.39 is 115 Å². The van der Waals surface area contributed by atoms with Crippen LogP contribution in [-0.4, -0.2) is 165 Å². The van der Waals surface area contributed by atoms with Crippen molar-refractivity contribution in [2.45, 2.75) is 169 Å². The number of piperidine rings is 1. The average Bonchev–Trinajstić information content (AvgIpc) is 1.65. The average molecular weight is 1510 g/mol. The molecule has 0 bridgehead atoms. The molecule has 4 aromatic carbocycles. The second-order valence-electron chi connectivity index (χ2n) is 28.7. The second-order valence-corrected chi connectivity index (χ2v) is 30.8. The maximum atomic E-state index is 16.3. The highest BCUT2D eigenvalue weighted by molar-refractivity contribution is 7.61. The van der Waals surface area contributed by atoms with E-state index in [9.17, 15) is 52.8 Å². The first-order valence-electron chi connectivity index (χ1n) is 35.8. The molecule has 4 heterocycles. The Hall–Kier alpha value is -8.71. The number of aromatic nitrogens is 2. The molecule has 7 N–H and O–H groups in total.